The number of ether oxygens (including phenoxy) is 2. The van der Waals surface area contributed by atoms with Crippen LogP contribution in [-0.2, 0) is 0 Å². The number of anilines is 1. The molecule has 0 saturated heterocycles. The van der Waals surface area contributed by atoms with Crippen molar-refractivity contribution < 1.29 is 18.8 Å². The maximum Gasteiger partial charge on any atom is 0.261 e. The molecule has 0 aliphatic rings. The molecule has 0 bridgehead atoms. The molecule has 0 aliphatic carbocycles. The normalized spacial score (nSPS) is 10.5. The van der Waals surface area contributed by atoms with E-state index >= 15 is 0 Å². The molecule has 26 heavy (non-hydrogen) atoms. The Bertz CT molecular complexity index is 929. The standard InChI is InChI=1S/C20H20N2O4/c1-12-5-7-14(8-6-12)19-18(13(2)22-26-19)20(23)21-16-11-15(24-3)9-10-17(16)25-4/h5-11H,1-4H3,(H,21,23). The monoisotopic (exact) mass is 352 g/mol. The van der Waals surface area contributed by atoms with E-state index in [1.165, 1.54) is 0 Å². The summed E-state index contributed by atoms with van der Waals surface area (Å²) < 4.78 is 15.9. The fourth-order valence-electron chi connectivity index (χ4n) is 2.64. The molecule has 3 aromatic rings. The zero-order valence-electron chi connectivity index (χ0n) is 15.1. The molecule has 1 amide bonds. The summed E-state index contributed by atoms with van der Waals surface area (Å²) >= 11 is 0. The molecule has 3 rings (SSSR count). The summed E-state index contributed by atoms with van der Waals surface area (Å²) in [4.78, 5) is 12.9. The number of hydrogen-bond donors (Lipinski definition) is 1. The van der Waals surface area contributed by atoms with Crippen molar-refractivity contribution in [1.82, 2.24) is 5.16 Å². The lowest BCUT2D eigenvalue weighted by atomic mass is 10.0. The average Bonchev–Trinajstić information content (AvgIpc) is 3.03. The van der Waals surface area contributed by atoms with Gasteiger partial charge < -0.3 is 19.3 Å². The highest BCUT2D eigenvalue weighted by atomic mass is 16.5. The van der Waals surface area contributed by atoms with E-state index < -0.39 is 0 Å². The van der Waals surface area contributed by atoms with Crippen LogP contribution in [0.5, 0.6) is 11.5 Å². The van der Waals surface area contributed by atoms with Crippen molar-refractivity contribution in [1.29, 1.82) is 0 Å². The van der Waals surface area contributed by atoms with Gasteiger partial charge in [0.15, 0.2) is 5.76 Å². The highest BCUT2D eigenvalue weighted by Crippen LogP contribution is 2.31. The molecule has 0 fully saturated rings. The van der Waals surface area contributed by atoms with Crippen LogP contribution in [0.1, 0.15) is 21.6 Å². The van der Waals surface area contributed by atoms with E-state index in [1.807, 2.05) is 31.2 Å². The van der Waals surface area contributed by atoms with Gasteiger partial charge in [-0.05, 0) is 26.0 Å². The van der Waals surface area contributed by atoms with Crippen LogP contribution in [0.4, 0.5) is 5.69 Å². The van der Waals surface area contributed by atoms with E-state index in [9.17, 15) is 4.79 Å². The second-order valence-electron chi connectivity index (χ2n) is 5.86. The highest BCUT2D eigenvalue weighted by Gasteiger charge is 2.23. The zero-order valence-corrected chi connectivity index (χ0v) is 15.1. The van der Waals surface area contributed by atoms with Gasteiger partial charge in [-0.3, -0.25) is 4.79 Å². The number of benzene rings is 2. The van der Waals surface area contributed by atoms with Crippen LogP contribution in [-0.4, -0.2) is 25.3 Å². The summed E-state index contributed by atoms with van der Waals surface area (Å²) in [5, 5.41) is 6.82. The molecule has 0 aliphatic heterocycles. The number of nitrogens with zero attached hydrogens (tertiary/aromatic N) is 1. The van der Waals surface area contributed by atoms with Gasteiger partial charge in [-0.2, -0.15) is 0 Å². The van der Waals surface area contributed by atoms with Crippen LogP contribution < -0.4 is 14.8 Å². The fraction of sp³-hybridized carbons (Fsp3) is 0.200. The van der Waals surface area contributed by atoms with Gasteiger partial charge in [0, 0.05) is 11.6 Å². The lowest BCUT2D eigenvalue weighted by molar-refractivity contribution is 0.102. The number of amides is 1. The molecule has 0 unspecified atom stereocenters. The minimum absolute atomic E-state index is 0.328. The molecular weight excluding hydrogens is 332 g/mol. The summed E-state index contributed by atoms with van der Waals surface area (Å²) in [6, 6.07) is 12.9. The quantitative estimate of drug-likeness (QED) is 0.744. The number of carbonyl (C=O) groups excluding carboxylic acids is 1. The first kappa shape index (κ1) is 17.5. The zero-order chi connectivity index (χ0) is 18.7. The van der Waals surface area contributed by atoms with Crippen molar-refractivity contribution in [3.05, 3.63) is 59.3 Å². The second-order valence-corrected chi connectivity index (χ2v) is 5.86. The fourth-order valence-corrected chi connectivity index (χ4v) is 2.64. The predicted octanol–water partition coefficient (Wildman–Crippen LogP) is 4.23. The van der Waals surface area contributed by atoms with Crippen LogP contribution in [0.25, 0.3) is 11.3 Å². The third kappa shape index (κ3) is 3.39. The summed E-state index contributed by atoms with van der Waals surface area (Å²) in [6.45, 7) is 3.73. The Morgan fingerprint density at radius 3 is 2.42 bits per heavy atom. The van der Waals surface area contributed by atoms with Crippen LogP contribution in [0.2, 0.25) is 0 Å². The van der Waals surface area contributed by atoms with Gasteiger partial charge in [-0.1, -0.05) is 35.0 Å². The molecule has 0 radical (unpaired) electrons. The van der Waals surface area contributed by atoms with E-state index in [0.717, 1.165) is 11.1 Å². The number of carbonyl (C=O) groups is 1. The second kappa shape index (κ2) is 7.31. The smallest absolute Gasteiger partial charge is 0.261 e. The summed E-state index contributed by atoms with van der Waals surface area (Å²) in [7, 11) is 3.10. The molecule has 1 heterocycles. The van der Waals surface area contributed by atoms with Gasteiger partial charge >= 0.3 is 0 Å². The molecule has 0 atom stereocenters. The first-order valence-corrected chi connectivity index (χ1v) is 8.10. The molecule has 1 aromatic heterocycles. The lowest BCUT2D eigenvalue weighted by Crippen LogP contribution is -2.14. The Balaban J connectivity index is 1.97. The van der Waals surface area contributed by atoms with Crippen LogP contribution in [0.15, 0.2) is 47.0 Å². The molecule has 1 N–H and O–H groups in total. The molecule has 134 valence electrons. The average molecular weight is 352 g/mol. The third-order valence-electron chi connectivity index (χ3n) is 4.06. The topological polar surface area (TPSA) is 73.6 Å². The first-order chi connectivity index (χ1) is 12.5. The van der Waals surface area contributed by atoms with Crippen molar-refractivity contribution in [2.45, 2.75) is 13.8 Å². The van der Waals surface area contributed by atoms with Gasteiger partial charge in [-0.15, -0.1) is 0 Å². The van der Waals surface area contributed by atoms with Crippen LogP contribution >= 0.6 is 0 Å². The van der Waals surface area contributed by atoms with E-state index in [2.05, 4.69) is 10.5 Å². The van der Waals surface area contributed by atoms with Crippen LogP contribution in [0.3, 0.4) is 0 Å². The molecule has 6 heteroatoms. The molecule has 2 aromatic carbocycles. The maximum atomic E-state index is 12.9. The van der Waals surface area contributed by atoms with Crippen molar-refractivity contribution >= 4 is 11.6 Å². The maximum absolute atomic E-state index is 12.9. The highest BCUT2D eigenvalue weighted by molar-refractivity contribution is 6.09. The largest absolute Gasteiger partial charge is 0.497 e. The Hall–Kier alpha value is -3.28. The first-order valence-electron chi connectivity index (χ1n) is 8.10. The van der Waals surface area contributed by atoms with Gasteiger partial charge in [0.2, 0.25) is 0 Å². The Morgan fingerprint density at radius 1 is 1.04 bits per heavy atom. The number of aromatic nitrogens is 1. The molecular formula is C20H20N2O4. The number of hydrogen-bond acceptors (Lipinski definition) is 5. The Kier molecular flexibility index (Phi) is 4.93. The molecule has 6 nitrogen and oxygen atoms in total. The van der Waals surface area contributed by atoms with Crippen LogP contribution in [0, 0.1) is 13.8 Å². The Labute approximate surface area is 151 Å². The van der Waals surface area contributed by atoms with E-state index in [4.69, 9.17) is 14.0 Å². The Morgan fingerprint density at radius 2 is 1.77 bits per heavy atom. The summed E-state index contributed by atoms with van der Waals surface area (Å²) in [6.07, 6.45) is 0. The number of rotatable bonds is 5. The number of methoxy groups -OCH3 is 2. The number of aryl methyl sites for hydroxylation is 2. The van der Waals surface area contributed by atoms with Crippen molar-refractivity contribution in [3.8, 4) is 22.8 Å². The van der Waals surface area contributed by atoms with Gasteiger partial charge in [-0.25, -0.2) is 0 Å². The summed E-state index contributed by atoms with van der Waals surface area (Å²) in [5.74, 6) is 1.25. The molecule has 0 saturated carbocycles. The minimum Gasteiger partial charge on any atom is -0.497 e. The SMILES string of the molecule is COc1ccc(OC)c(NC(=O)c2c(C)noc2-c2ccc(C)cc2)c1. The third-order valence-corrected chi connectivity index (χ3v) is 4.06. The summed E-state index contributed by atoms with van der Waals surface area (Å²) in [5.41, 5.74) is 3.32. The van der Waals surface area contributed by atoms with Crippen molar-refractivity contribution in [2.75, 3.05) is 19.5 Å². The van der Waals surface area contributed by atoms with Crippen molar-refractivity contribution in [3.63, 3.8) is 0 Å². The van der Waals surface area contributed by atoms with Gasteiger partial charge in [0.1, 0.15) is 17.1 Å². The number of nitrogens with one attached hydrogen (secondary N) is 1. The van der Waals surface area contributed by atoms with E-state index in [1.54, 1.807) is 39.3 Å². The predicted molar refractivity (Wildman–Crippen MR) is 98.9 cm³/mol. The minimum atomic E-state index is -0.328. The van der Waals surface area contributed by atoms with Gasteiger partial charge in [0.25, 0.3) is 5.91 Å². The van der Waals surface area contributed by atoms with Gasteiger partial charge in [0.05, 0.1) is 25.6 Å². The van der Waals surface area contributed by atoms with Crippen molar-refractivity contribution in [2.24, 2.45) is 0 Å². The lowest BCUT2D eigenvalue weighted by Gasteiger charge is -2.12. The van der Waals surface area contributed by atoms with E-state index in [0.29, 0.717) is 34.2 Å². The molecule has 0 spiro atoms. The van der Waals surface area contributed by atoms with E-state index in [-0.39, 0.29) is 5.91 Å².